The molecule has 6 nitrogen and oxygen atoms in total. The molecule has 1 saturated heterocycles. The first kappa shape index (κ1) is 10.0. The van der Waals surface area contributed by atoms with Gasteiger partial charge in [-0.15, -0.1) is 0 Å². The highest BCUT2D eigenvalue weighted by Crippen LogP contribution is 2.43. The second-order valence-electron chi connectivity index (χ2n) is 4.07. The average molecular weight is 242 g/mol. The Bertz CT molecular complexity index is 405. The number of piperidine rings is 1. The Morgan fingerprint density at radius 2 is 2.06 bits per heavy atom. The molecule has 2 fully saturated rings. The molecule has 1 aliphatic heterocycles. The quantitative estimate of drug-likeness (QED) is 0.786. The summed E-state index contributed by atoms with van der Waals surface area (Å²) in [4.78, 5) is 11.9. The summed E-state index contributed by atoms with van der Waals surface area (Å²) >= 11 is 5.76. The van der Waals surface area contributed by atoms with E-state index in [2.05, 4.69) is 25.6 Å². The van der Waals surface area contributed by atoms with Crippen LogP contribution in [0, 0.1) is 11.8 Å². The number of hydrogen-bond acceptors (Lipinski definition) is 6. The van der Waals surface area contributed by atoms with Crippen molar-refractivity contribution >= 4 is 17.5 Å². The molecule has 0 bridgehead atoms. The molecule has 1 aromatic heterocycles. The van der Waals surface area contributed by atoms with Crippen LogP contribution in [0.15, 0.2) is 0 Å². The highest BCUT2D eigenvalue weighted by Gasteiger charge is 2.53. The molecule has 2 unspecified atom stereocenters. The predicted molar refractivity (Wildman–Crippen MR) is 58.6 cm³/mol. The molecule has 86 valence electrons. The molecule has 0 amide bonds. The maximum atomic E-state index is 5.76. The molecule has 2 heterocycles. The summed E-state index contributed by atoms with van der Waals surface area (Å²) < 4.78 is 4.93. The van der Waals surface area contributed by atoms with E-state index in [1.54, 1.807) is 0 Å². The van der Waals surface area contributed by atoms with E-state index in [-0.39, 0.29) is 11.3 Å². The van der Waals surface area contributed by atoms with Gasteiger partial charge in [-0.2, -0.15) is 15.0 Å². The van der Waals surface area contributed by atoms with Crippen LogP contribution >= 0.6 is 11.6 Å². The number of methoxy groups -OCH3 is 1. The van der Waals surface area contributed by atoms with Crippen molar-refractivity contribution < 1.29 is 4.74 Å². The van der Waals surface area contributed by atoms with Crippen molar-refractivity contribution in [1.82, 2.24) is 20.3 Å². The fourth-order valence-corrected chi connectivity index (χ4v) is 2.42. The fraction of sp³-hybridized carbons (Fsp3) is 0.667. The van der Waals surface area contributed by atoms with Gasteiger partial charge in [0.25, 0.3) is 0 Å². The Hall–Kier alpha value is -1.14. The zero-order valence-electron chi connectivity index (χ0n) is 8.77. The lowest BCUT2D eigenvalue weighted by atomic mass is 10.4. The number of halogens is 1. The van der Waals surface area contributed by atoms with E-state index in [1.165, 1.54) is 7.11 Å². The first-order valence-electron chi connectivity index (χ1n) is 5.21. The maximum Gasteiger partial charge on any atom is 0.322 e. The normalized spacial score (nSPS) is 31.0. The van der Waals surface area contributed by atoms with Crippen molar-refractivity contribution in [1.29, 1.82) is 0 Å². The number of hydrogen-bond donors (Lipinski definition) is 2. The van der Waals surface area contributed by atoms with Crippen molar-refractivity contribution in [3.05, 3.63) is 5.28 Å². The van der Waals surface area contributed by atoms with Crippen LogP contribution in [-0.2, 0) is 0 Å². The first-order valence-corrected chi connectivity index (χ1v) is 5.58. The van der Waals surface area contributed by atoms with Crippen LogP contribution < -0.4 is 15.4 Å². The number of fused-ring (bicyclic) bond motifs is 1. The van der Waals surface area contributed by atoms with Gasteiger partial charge >= 0.3 is 6.01 Å². The van der Waals surface area contributed by atoms with Gasteiger partial charge < -0.3 is 15.4 Å². The highest BCUT2D eigenvalue weighted by molar-refractivity contribution is 6.28. The molecule has 1 aliphatic carbocycles. The van der Waals surface area contributed by atoms with Gasteiger partial charge in [0.1, 0.15) is 0 Å². The maximum absolute atomic E-state index is 5.76. The van der Waals surface area contributed by atoms with Crippen molar-refractivity contribution in [3.63, 3.8) is 0 Å². The number of aromatic nitrogens is 3. The van der Waals surface area contributed by atoms with Crippen molar-refractivity contribution in [2.24, 2.45) is 11.8 Å². The molecule has 7 heteroatoms. The highest BCUT2D eigenvalue weighted by atomic mass is 35.5. The third-order valence-electron chi connectivity index (χ3n) is 3.16. The van der Waals surface area contributed by atoms with Gasteiger partial charge in [0.2, 0.25) is 11.2 Å². The molecule has 3 rings (SSSR count). The summed E-state index contributed by atoms with van der Waals surface area (Å²) in [6.07, 6.45) is 0. The van der Waals surface area contributed by atoms with Gasteiger partial charge in [-0.1, -0.05) is 0 Å². The van der Waals surface area contributed by atoms with Crippen LogP contribution in [-0.4, -0.2) is 41.2 Å². The number of anilines is 1. The second kappa shape index (κ2) is 3.71. The van der Waals surface area contributed by atoms with Crippen LogP contribution in [0.4, 0.5) is 5.95 Å². The van der Waals surface area contributed by atoms with Gasteiger partial charge in [0, 0.05) is 19.1 Å². The molecular weight excluding hydrogens is 230 g/mol. The van der Waals surface area contributed by atoms with Crippen molar-refractivity contribution in [3.8, 4) is 6.01 Å². The van der Waals surface area contributed by atoms with E-state index in [0.717, 1.165) is 13.1 Å². The Morgan fingerprint density at radius 3 is 2.75 bits per heavy atom. The minimum absolute atomic E-state index is 0.151. The van der Waals surface area contributed by atoms with Crippen molar-refractivity contribution in [2.45, 2.75) is 6.04 Å². The standard InChI is InChI=1S/C9H12ClN5O/c1-16-9-14-7(10)13-8(15-9)12-6-4-2-11-3-5(4)6/h4-6,11H,2-3H2,1H3,(H,12,13,14,15). The van der Waals surface area contributed by atoms with Crippen LogP contribution in [0.2, 0.25) is 5.28 Å². The summed E-state index contributed by atoms with van der Waals surface area (Å²) in [6, 6.07) is 0.704. The van der Waals surface area contributed by atoms with Gasteiger partial charge in [-0.25, -0.2) is 0 Å². The largest absolute Gasteiger partial charge is 0.467 e. The summed E-state index contributed by atoms with van der Waals surface area (Å²) in [5.74, 6) is 1.89. The molecule has 2 N–H and O–H groups in total. The SMILES string of the molecule is COc1nc(Cl)nc(NC2C3CNCC32)n1. The zero-order chi connectivity index (χ0) is 11.1. The molecule has 0 aromatic carbocycles. The Balaban J connectivity index is 1.72. The lowest BCUT2D eigenvalue weighted by Gasteiger charge is -2.07. The van der Waals surface area contributed by atoms with E-state index in [0.29, 0.717) is 23.8 Å². The monoisotopic (exact) mass is 241 g/mol. The minimum Gasteiger partial charge on any atom is -0.467 e. The summed E-state index contributed by atoms with van der Waals surface area (Å²) in [7, 11) is 1.51. The fourth-order valence-electron chi connectivity index (χ4n) is 2.27. The molecule has 0 spiro atoms. The first-order chi connectivity index (χ1) is 7.78. The molecule has 16 heavy (non-hydrogen) atoms. The van der Waals surface area contributed by atoms with E-state index in [1.807, 2.05) is 0 Å². The van der Waals surface area contributed by atoms with E-state index in [9.17, 15) is 0 Å². The predicted octanol–water partition coefficient (Wildman–Crippen LogP) is 0.163. The van der Waals surface area contributed by atoms with Crippen LogP contribution in [0.3, 0.4) is 0 Å². The average Bonchev–Trinajstić information content (AvgIpc) is 2.74. The Labute approximate surface area is 97.8 Å². The van der Waals surface area contributed by atoms with Crippen molar-refractivity contribution in [2.75, 3.05) is 25.5 Å². The van der Waals surface area contributed by atoms with Crippen LogP contribution in [0.1, 0.15) is 0 Å². The third kappa shape index (κ3) is 1.68. The number of ether oxygens (including phenoxy) is 1. The second-order valence-corrected chi connectivity index (χ2v) is 4.41. The summed E-state index contributed by atoms with van der Waals surface area (Å²) in [5, 5.41) is 6.75. The van der Waals surface area contributed by atoms with E-state index in [4.69, 9.17) is 16.3 Å². The smallest absolute Gasteiger partial charge is 0.322 e. The minimum atomic E-state index is 0.151. The van der Waals surface area contributed by atoms with E-state index >= 15 is 0 Å². The molecule has 2 aliphatic rings. The number of rotatable bonds is 3. The number of nitrogens with zero attached hydrogens (tertiary/aromatic N) is 3. The van der Waals surface area contributed by atoms with Gasteiger partial charge in [0.15, 0.2) is 0 Å². The lowest BCUT2D eigenvalue weighted by Crippen LogP contribution is -2.22. The molecular formula is C9H12ClN5O. The topological polar surface area (TPSA) is 72.0 Å². The third-order valence-corrected chi connectivity index (χ3v) is 3.33. The van der Waals surface area contributed by atoms with Crippen LogP contribution in [0.25, 0.3) is 0 Å². The van der Waals surface area contributed by atoms with Crippen LogP contribution in [0.5, 0.6) is 6.01 Å². The molecule has 2 atom stereocenters. The lowest BCUT2D eigenvalue weighted by molar-refractivity contribution is 0.378. The Kier molecular flexibility index (Phi) is 2.33. The summed E-state index contributed by atoms with van der Waals surface area (Å²) in [6.45, 7) is 2.14. The molecule has 0 radical (unpaired) electrons. The van der Waals surface area contributed by atoms with Gasteiger partial charge in [-0.05, 0) is 23.4 Å². The van der Waals surface area contributed by atoms with Gasteiger partial charge in [0.05, 0.1) is 7.11 Å². The van der Waals surface area contributed by atoms with Gasteiger partial charge in [-0.3, -0.25) is 0 Å². The number of nitrogens with one attached hydrogen (secondary N) is 2. The summed E-state index contributed by atoms with van der Waals surface area (Å²) in [5.41, 5.74) is 0. The molecule has 1 aromatic rings. The Morgan fingerprint density at radius 1 is 1.31 bits per heavy atom. The molecule has 1 saturated carbocycles. The zero-order valence-corrected chi connectivity index (χ0v) is 9.53. The van der Waals surface area contributed by atoms with E-state index < -0.39 is 0 Å².